The van der Waals surface area contributed by atoms with E-state index < -0.39 is 0 Å². The molecule has 3 fully saturated rings. The Morgan fingerprint density at radius 1 is 1.36 bits per heavy atom. The Morgan fingerprint density at radius 3 is 2.92 bits per heavy atom. The van der Waals surface area contributed by atoms with E-state index in [0.29, 0.717) is 35.7 Å². The van der Waals surface area contributed by atoms with Crippen molar-refractivity contribution in [2.45, 2.75) is 37.5 Å². The molecule has 1 aromatic rings. The predicted molar refractivity (Wildman–Crippen MR) is 91.1 cm³/mol. The number of rotatable bonds is 5. The number of methoxy groups -OCH3 is 1. The molecule has 4 atom stereocenters. The number of nitrogens with zero attached hydrogens (tertiary/aromatic N) is 3. The summed E-state index contributed by atoms with van der Waals surface area (Å²) in [5.74, 6) is 1.06. The summed E-state index contributed by atoms with van der Waals surface area (Å²) in [7, 11) is 1.76. The van der Waals surface area contributed by atoms with Gasteiger partial charge in [0.15, 0.2) is 0 Å². The first-order valence-corrected chi connectivity index (χ1v) is 9.20. The highest BCUT2D eigenvalue weighted by molar-refractivity contribution is 5.92. The van der Waals surface area contributed by atoms with Gasteiger partial charge in [-0.15, -0.1) is 0 Å². The minimum atomic E-state index is -0.0169. The number of carbonyl (C=O) groups is 1. The van der Waals surface area contributed by atoms with Crippen LogP contribution in [0.4, 0.5) is 0 Å². The summed E-state index contributed by atoms with van der Waals surface area (Å²) in [5.41, 5.74) is 0.430. The van der Waals surface area contributed by atoms with Gasteiger partial charge in [-0.1, -0.05) is 0 Å². The van der Waals surface area contributed by atoms with Gasteiger partial charge < -0.3 is 19.7 Å². The van der Waals surface area contributed by atoms with Crippen molar-refractivity contribution in [2.75, 3.05) is 33.4 Å². The zero-order valence-electron chi connectivity index (χ0n) is 14.6. The van der Waals surface area contributed by atoms with Gasteiger partial charge in [0.2, 0.25) is 0 Å². The zero-order chi connectivity index (χ0) is 17.2. The van der Waals surface area contributed by atoms with Gasteiger partial charge in [0.1, 0.15) is 5.69 Å². The minimum Gasteiger partial charge on any atom is -0.384 e. The molecule has 0 unspecified atom stereocenters. The molecule has 25 heavy (non-hydrogen) atoms. The van der Waals surface area contributed by atoms with Crippen LogP contribution in [0.1, 0.15) is 29.8 Å². The van der Waals surface area contributed by atoms with Crippen LogP contribution in [0, 0.1) is 11.8 Å². The molecule has 4 rings (SSSR count). The van der Waals surface area contributed by atoms with Crippen LogP contribution in [-0.2, 0) is 9.47 Å². The summed E-state index contributed by atoms with van der Waals surface area (Å²) in [4.78, 5) is 22.4. The third kappa shape index (κ3) is 3.28. The van der Waals surface area contributed by atoms with Crippen LogP contribution in [0.25, 0.3) is 0 Å². The SMILES string of the molecule is COC[C@H]1[C@@H](NC2CCN(C(=O)c3cnccn3)CC2)[C@H]2CCO[C@H]21. The fourth-order valence-corrected chi connectivity index (χ4v) is 4.56. The molecule has 0 aromatic carbocycles. The topological polar surface area (TPSA) is 76.6 Å². The fraction of sp³-hybridized carbons (Fsp3) is 0.722. The monoisotopic (exact) mass is 346 g/mol. The second-order valence-electron chi connectivity index (χ2n) is 7.26. The summed E-state index contributed by atoms with van der Waals surface area (Å²) >= 11 is 0. The Morgan fingerprint density at radius 2 is 2.20 bits per heavy atom. The van der Waals surface area contributed by atoms with Crippen LogP contribution >= 0.6 is 0 Å². The highest BCUT2D eigenvalue weighted by atomic mass is 16.5. The maximum absolute atomic E-state index is 12.5. The molecule has 0 bridgehead atoms. The van der Waals surface area contributed by atoms with E-state index in [-0.39, 0.29) is 5.91 Å². The number of likely N-dealkylation sites (tertiary alicyclic amines) is 1. The van der Waals surface area contributed by atoms with Gasteiger partial charge in [-0.3, -0.25) is 9.78 Å². The molecular weight excluding hydrogens is 320 g/mol. The summed E-state index contributed by atoms with van der Waals surface area (Å²) in [5, 5.41) is 3.83. The molecule has 0 radical (unpaired) electrons. The number of fused-ring (bicyclic) bond motifs is 1. The number of amides is 1. The Bertz CT molecular complexity index is 591. The Kier molecular flexibility index (Phi) is 4.96. The molecule has 136 valence electrons. The van der Waals surface area contributed by atoms with Crippen LogP contribution < -0.4 is 5.32 Å². The lowest BCUT2D eigenvalue weighted by atomic mass is 9.66. The summed E-state index contributed by atoms with van der Waals surface area (Å²) < 4.78 is 11.2. The maximum atomic E-state index is 12.5. The highest BCUT2D eigenvalue weighted by Gasteiger charge is 2.54. The van der Waals surface area contributed by atoms with Gasteiger partial charge in [-0.2, -0.15) is 0 Å². The molecule has 1 amide bonds. The third-order valence-electron chi connectivity index (χ3n) is 5.88. The van der Waals surface area contributed by atoms with Gasteiger partial charge in [0.25, 0.3) is 5.91 Å². The van der Waals surface area contributed by atoms with Crippen molar-refractivity contribution in [3.8, 4) is 0 Å². The number of hydrogen-bond acceptors (Lipinski definition) is 6. The van der Waals surface area contributed by atoms with Crippen molar-refractivity contribution in [1.29, 1.82) is 0 Å². The van der Waals surface area contributed by atoms with E-state index in [1.807, 2.05) is 4.90 Å². The molecule has 7 heteroatoms. The van der Waals surface area contributed by atoms with Crippen LogP contribution in [0.3, 0.4) is 0 Å². The van der Waals surface area contributed by atoms with E-state index >= 15 is 0 Å². The molecule has 7 nitrogen and oxygen atoms in total. The molecule has 0 spiro atoms. The van der Waals surface area contributed by atoms with Crippen LogP contribution in [0.15, 0.2) is 18.6 Å². The molecule has 1 saturated carbocycles. The van der Waals surface area contributed by atoms with Gasteiger partial charge in [-0.25, -0.2) is 4.98 Å². The first-order valence-electron chi connectivity index (χ1n) is 9.20. The largest absolute Gasteiger partial charge is 0.384 e. The number of carbonyl (C=O) groups excluding carboxylic acids is 1. The van der Waals surface area contributed by atoms with E-state index in [0.717, 1.165) is 45.6 Å². The van der Waals surface area contributed by atoms with Crippen molar-refractivity contribution in [2.24, 2.45) is 11.8 Å². The number of aromatic nitrogens is 2. The normalized spacial score (nSPS) is 32.3. The molecule has 1 aliphatic carbocycles. The number of nitrogens with one attached hydrogen (secondary N) is 1. The fourth-order valence-electron chi connectivity index (χ4n) is 4.56. The quantitative estimate of drug-likeness (QED) is 0.847. The van der Waals surface area contributed by atoms with Crippen LogP contribution in [0.5, 0.6) is 0 Å². The summed E-state index contributed by atoms with van der Waals surface area (Å²) in [6.07, 6.45) is 8.15. The molecule has 2 saturated heterocycles. The molecule has 1 aromatic heterocycles. The van der Waals surface area contributed by atoms with E-state index in [1.165, 1.54) is 6.20 Å². The van der Waals surface area contributed by atoms with E-state index in [1.54, 1.807) is 19.5 Å². The van der Waals surface area contributed by atoms with Crippen molar-refractivity contribution < 1.29 is 14.3 Å². The number of hydrogen-bond donors (Lipinski definition) is 1. The molecule has 3 aliphatic rings. The standard InChI is InChI=1S/C18H26N4O3/c1-24-11-14-16(13-4-9-25-17(13)14)21-12-2-7-22(8-3-12)18(23)15-10-19-5-6-20-15/h5-6,10,12-14,16-17,21H,2-4,7-9,11H2,1H3/t13-,14+,16+,17-/m1/s1. The average Bonchev–Trinajstić information content (AvgIpc) is 3.09. The first kappa shape index (κ1) is 16.9. The van der Waals surface area contributed by atoms with Gasteiger partial charge in [0.05, 0.1) is 18.9 Å². The zero-order valence-corrected chi connectivity index (χ0v) is 14.6. The second-order valence-corrected chi connectivity index (χ2v) is 7.26. The van der Waals surface area contributed by atoms with Crippen LogP contribution in [0.2, 0.25) is 0 Å². The third-order valence-corrected chi connectivity index (χ3v) is 5.88. The lowest BCUT2D eigenvalue weighted by Crippen LogP contribution is -2.64. The Hall–Kier alpha value is -1.57. The minimum absolute atomic E-state index is 0.0169. The predicted octanol–water partition coefficient (Wildman–Crippen LogP) is 0.721. The highest BCUT2D eigenvalue weighted by Crippen LogP contribution is 2.44. The van der Waals surface area contributed by atoms with Gasteiger partial charge in [0, 0.05) is 63.1 Å². The molecular formula is C18H26N4O3. The Labute approximate surface area is 148 Å². The molecule has 2 aliphatic heterocycles. The van der Waals surface area contributed by atoms with Gasteiger partial charge in [-0.05, 0) is 19.3 Å². The number of piperidine rings is 1. The van der Waals surface area contributed by atoms with Crippen molar-refractivity contribution in [3.05, 3.63) is 24.3 Å². The van der Waals surface area contributed by atoms with Gasteiger partial charge >= 0.3 is 0 Å². The van der Waals surface area contributed by atoms with Crippen LogP contribution in [-0.4, -0.2) is 72.4 Å². The second kappa shape index (κ2) is 7.35. The average molecular weight is 346 g/mol. The molecule has 1 N–H and O–H groups in total. The summed E-state index contributed by atoms with van der Waals surface area (Å²) in [6.45, 7) is 3.15. The molecule has 3 heterocycles. The first-order chi connectivity index (χ1) is 12.3. The van der Waals surface area contributed by atoms with Crippen molar-refractivity contribution in [3.63, 3.8) is 0 Å². The lowest BCUT2D eigenvalue weighted by molar-refractivity contribution is -0.0880. The lowest BCUT2D eigenvalue weighted by Gasteiger charge is -2.50. The van der Waals surface area contributed by atoms with Crippen molar-refractivity contribution in [1.82, 2.24) is 20.2 Å². The van der Waals surface area contributed by atoms with Crippen molar-refractivity contribution >= 4 is 5.91 Å². The smallest absolute Gasteiger partial charge is 0.274 e. The van der Waals surface area contributed by atoms with E-state index in [2.05, 4.69) is 15.3 Å². The van der Waals surface area contributed by atoms with E-state index in [4.69, 9.17) is 9.47 Å². The Balaban J connectivity index is 1.30. The maximum Gasteiger partial charge on any atom is 0.274 e. The summed E-state index contributed by atoms with van der Waals surface area (Å²) in [6, 6.07) is 0.941. The number of ether oxygens (including phenoxy) is 2. The van der Waals surface area contributed by atoms with E-state index in [9.17, 15) is 4.79 Å².